The maximum Gasteiger partial charge on any atom is 0.162 e. The number of aryl methyl sites for hydroxylation is 1. The number of nitrogens with zero attached hydrogens (tertiary/aromatic N) is 5. The second kappa shape index (κ2) is 10.7. The van der Waals surface area contributed by atoms with Crippen LogP contribution in [0.5, 0.6) is 11.5 Å². The normalized spacial score (nSPS) is 10.6. The SMILES string of the molecule is CCN(Cc1ccccc1)C(=S)CCCc1nnnn1-c1ccc(OC)c(OC)c1. The Hall–Kier alpha value is -3.00. The molecule has 1 aromatic heterocycles. The highest BCUT2D eigenvalue weighted by atomic mass is 32.1. The lowest BCUT2D eigenvalue weighted by Gasteiger charge is -2.23. The van der Waals surface area contributed by atoms with E-state index in [0.29, 0.717) is 11.5 Å². The first-order chi connectivity index (χ1) is 14.7. The van der Waals surface area contributed by atoms with Gasteiger partial charge in [0.2, 0.25) is 0 Å². The maximum absolute atomic E-state index is 5.69. The molecule has 0 N–H and O–H groups in total. The summed E-state index contributed by atoms with van der Waals surface area (Å²) < 4.78 is 12.4. The molecule has 0 unspecified atom stereocenters. The van der Waals surface area contributed by atoms with E-state index >= 15 is 0 Å². The molecule has 0 aliphatic rings. The Morgan fingerprint density at radius 3 is 2.53 bits per heavy atom. The molecule has 2 aromatic carbocycles. The number of hydrogen-bond acceptors (Lipinski definition) is 6. The quantitative estimate of drug-likeness (QED) is 0.457. The molecular weight excluding hydrogens is 398 g/mol. The summed E-state index contributed by atoms with van der Waals surface area (Å²) in [5.74, 6) is 2.09. The van der Waals surface area contributed by atoms with Crippen LogP contribution in [0.3, 0.4) is 0 Å². The summed E-state index contributed by atoms with van der Waals surface area (Å²) in [6.07, 6.45) is 2.41. The Bertz CT molecular complexity index is 961. The summed E-state index contributed by atoms with van der Waals surface area (Å²) in [4.78, 5) is 3.20. The van der Waals surface area contributed by atoms with Gasteiger partial charge in [0.25, 0.3) is 0 Å². The van der Waals surface area contributed by atoms with Crippen LogP contribution in [0.15, 0.2) is 48.5 Å². The number of hydrogen-bond donors (Lipinski definition) is 0. The Labute approximate surface area is 182 Å². The van der Waals surface area contributed by atoms with Gasteiger partial charge < -0.3 is 14.4 Å². The number of methoxy groups -OCH3 is 2. The summed E-state index contributed by atoms with van der Waals surface area (Å²) in [6.45, 7) is 3.85. The molecule has 1 heterocycles. The topological polar surface area (TPSA) is 65.3 Å². The largest absolute Gasteiger partial charge is 0.493 e. The number of thiocarbonyl (C=S) groups is 1. The van der Waals surface area contributed by atoms with Gasteiger partial charge in [0.05, 0.1) is 24.9 Å². The zero-order valence-electron chi connectivity index (χ0n) is 17.6. The average Bonchev–Trinajstić information content (AvgIpc) is 3.26. The molecule has 0 atom stereocenters. The van der Waals surface area contributed by atoms with E-state index in [0.717, 1.165) is 48.9 Å². The Balaban J connectivity index is 1.61. The fraction of sp³-hybridized carbons (Fsp3) is 0.364. The van der Waals surface area contributed by atoms with Gasteiger partial charge in [-0.2, -0.15) is 4.68 Å². The van der Waals surface area contributed by atoms with Crippen LogP contribution in [0.4, 0.5) is 0 Å². The van der Waals surface area contributed by atoms with Crippen molar-refractivity contribution < 1.29 is 9.47 Å². The third-order valence-corrected chi connectivity index (χ3v) is 5.35. The van der Waals surface area contributed by atoms with E-state index in [1.165, 1.54) is 5.56 Å². The first-order valence-electron chi connectivity index (χ1n) is 9.97. The Morgan fingerprint density at radius 1 is 1.07 bits per heavy atom. The molecule has 0 fully saturated rings. The van der Waals surface area contributed by atoms with Crippen molar-refractivity contribution in [2.75, 3.05) is 20.8 Å². The van der Waals surface area contributed by atoms with Gasteiger partial charge >= 0.3 is 0 Å². The predicted octanol–water partition coefficient (Wildman–Crippen LogP) is 3.85. The van der Waals surface area contributed by atoms with E-state index in [2.05, 4.69) is 51.6 Å². The van der Waals surface area contributed by atoms with E-state index in [1.807, 2.05) is 24.3 Å². The van der Waals surface area contributed by atoms with E-state index in [9.17, 15) is 0 Å². The molecule has 8 heteroatoms. The fourth-order valence-corrected chi connectivity index (χ4v) is 3.59. The molecule has 0 spiro atoms. The van der Waals surface area contributed by atoms with Crippen molar-refractivity contribution >= 4 is 17.2 Å². The zero-order chi connectivity index (χ0) is 21.3. The molecule has 7 nitrogen and oxygen atoms in total. The highest BCUT2D eigenvalue weighted by Gasteiger charge is 2.13. The van der Waals surface area contributed by atoms with Crippen LogP contribution in [0, 0.1) is 0 Å². The minimum absolute atomic E-state index is 0.636. The van der Waals surface area contributed by atoms with Gasteiger partial charge in [0.15, 0.2) is 17.3 Å². The van der Waals surface area contributed by atoms with Crippen molar-refractivity contribution in [3.63, 3.8) is 0 Å². The molecule has 0 radical (unpaired) electrons. The smallest absolute Gasteiger partial charge is 0.162 e. The minimum atomic E-state index is 0.636. The van der Waals surface area contributed by atoms with Gasteiger partial charge in [-0.05, 0) is 47.9 Å². The summed E-state index contributed by atoms with van der Waals surface area (Å²) >= 11 is 5.69. The molecule has 0 amide bonds. The lowest BCUT2D eigenvalue weighted by atomic mass is 10.2. The third-order valence-electron chi connectivity index (χ3n) is 4.89. The fourth-order valence-electron chi connectivity index (χ4n) is 3.25. The third kappa shape index (κ3) is 5.33. The number of aromatic nitrogens is 4. The summed E-state index contributed by atoms with van der Waals surface area (Å²) in [5.41, 5.74) is 2.09. The number of rotatable bonds is 10. The minimum Gasteiger partial charge on any atom is -0.493 e. The zero-order valence-corrected chi connectivity index (χ0v) is 18.4. The molecule has 0 saturated carbocycles. The molecule has 3 rings (SSSR count). The molecular formula is C22H27N5O2S. The highest BCUT2D eigenvalue weighted by molar-refractivity contribution is 7.80. The van der Waals surface area contributed by atoms with E-state index in [-0.39, 0.29) is 0 Å². The Kier molecular flexibility index (Phi) is 7.73. The molecule has 0 saturated heterocycles. The average molecular weight is 426 g/mol. The van der Waals surface area contributed by atoms with Crippen LogP contribution < -0.4 is 9.47 Å². The molecule has 30 heavy (non-hydrogen) atoms. The van der Waals surface area contributed by atoms with E-state index in [4.69, 9.17) is 21.7 Å². The summed E-state index contributed by atoms with van der Waals surface area (Å²) in [5, 5.41) is 12.2. The van der Waals surface area contributed by atoms with E-state index in [1.54, 1.807) is 18.9 Å². The van der Waals surface area contributed by atoms with Crippen LogP contribution in [-0.4, -0.2) is 50.9 Å². The number of tetrazole rings is 1. The van der Waals surface area contributed by atoms with Crippen molar-refractivity contribution in [2.45, 2.75) is 32.7 Å². The highest BCUT2D eigenvalue weighted by Crippen LogP contribution is 2.29. The van der Waals surface area contributed by atoms with Crippen molar-refractivity contribution in [3.05, 3.63) is 59.9 Å². The van der Waals surface area contributed by atoms with Crippen molar-refractivity contribution in [2.24, 2.45) is 0 Å². The van der Waals surface area contributed by atoms with Crippen LogP contribution in [0.2, 0.25) is 0 Å². The molecule has 0 aliphatic carbocycles. The second-order valence-electron chi connectivity index (χ2n) is 6.79. The van der Waals surface area contributed by atoms with Crippen LogP contribution in [0.25, 0.3) is 5.69 Å². The number of benzene rings is 2. The van der Waals surface area contributed by atoms with Gasteiger partial charge in [-0.25, -0.2) is 0 Å². The summed E-state index contributed by atoms with van der Waals surface area (Å²) in [7, 11) is 3.22. The van der Waals surface area contributed by atoms with Crippen molar-refractivity contribution in [1.82, 2.24) is 25.1 Å². The molecule has 158 valence electrons. The van der Waals surface area contributed by atoms with Gasteiger partial charge in [0, 0.05) is 25.6 Å². The van der Waals surface area contributed by atoms with Crippen LogP contribution in [0.1, 0.15) is 31.2 Å². The predicted molar refractivity (Wildman–Crippen MR) is 120 cm³/mol. The van der Waals surface area contributed by atoms with Crippen LogP contribution in [-0.2, 0) is 13.0 Å². The van der Waals surface area contributed by atoms with Crippen molar-refractivity contribution in [1.29, 1.82) is 0 Å². The molecule has 0 bridgehead atoms. The standard InChI is InChI=1S/C22H27N5O2S/c1-4-26(16-17-9-6-5-7-10-17)22(30)12-8-11-21-23-24-25-27(21)18-13-14-19(28-2)20(15-18)29-3/h5-7,9-10,13-15H,4,8,11-12,16H2,1-3H3. The second-order valence-corrected chi connectivity index (χ2v) is 7.26. The first-order valence-corrected chi connectivity index (χ1v) is 10.4. The molecule has 3 aromatic rings. The van der Waals surface area contributed by atoms with Gasteiger partial charge in [0.1, 0.15) is 0 Å². The monoisotopic (exact) mass is 425 g/mol. The lowest BCUT2D eigenvalue weighted by molar-refractivity contribution is 0.354. The number of ether oxygens (including phenoxy) is 2. The van der Waals surface area contributed by atoms with Gasteiger partial charge in [-0.1, -0.05) is 42.5 Å². The first kappa shape index (κ1) is 21.7. The van der Waals surface area contributed by atoms with Gasteiger partial charge in [-0.15, -0.1) is 5.10 Å². The maximum atomic E-state index is 5.69. The summed E-state index contributed by atoms with van der Waals surface area (Å²) in [6, 6.07) is 16.0. The van der Waals surface area contributed by atoms with Crippen LogP contribution >= 0.6 is 12.2 Å². The molecule has 0 aliphatic heterocycles. The van der Waals surface area contributed by atoms with E-state index < -0.39 is 0 Å². The van der Waals surface area contributed by atoms with Crippen molar-refractivity contribution in [3.8, 4) is 17.2 Å². The lowest BCUT2D eigenvalue weighted by Crippen LogP contribution is -2.28. The Morgan fingerprint density at radius 2 is 1.83 bits per heavy atom. The van der Waals surface area contributed by atoms with Gasteiger partial charge in [-0.3, -0.25) is 0 Å².